The SMILES string of the molecule is CCCNC1CCN(C2CCC(C)C(C)C2)CC1. The van der Waals surface area contributed by atoms with Gasteiger partial charge in [0.05, 0.1) is 0 Å². The van der Waals surface area contributed by atoms with Crippen molar-refractivity contribution in [3.8, 4) is 0 Å². The Bertz CT molecular complexity index is 233. The van der Waals surface area contributed by atoms with E-state index in [1.807, 2.05) is 0 Å². The van der Waals surface area contributed by atoms with E-state index in [9.17, 15) is 0 Å². The van der Waals surface area contributed by atoms with Crippen LogP contribution in [0.5, 0.6) is 0 Å². The van der Waals surface area contributed by atoms with Crippen molar-refractivity contribution in [2.24, 2.45) is 11.8 Å². The van der Waals surface area contributed by atoms with E-state index in [0.29, 0.717) is 0 Å². The number of likely N-dealkylation sites (tertiary alicyclic amines) is 1. The maximum Gasteiger partial charge on any atom is 0.00980 e. The van der Waals surface area contributed by atoms with Crippen molar-refractivity contribution in [2.45, 2.75) is 71.4 Å². The van der Waals surface area contributed by atoms with E-state index in [2.05, 4.69) is 31.0 Å². The molecule has 2 heteroatoms. The summed E-state index contributed by atoms with van der Waals surface area (Å²) in [6.07, 6.45) is 8.31. The molecule has 2 aliphatic rings. The van der Waals surface area contributed by atoms with Crippen LogP contribution in [0.15, 0.2) is 0 Å². The van der Waals surface area contributed by atoms with Crippen molar-refractivity contribution in [3.63, 3.8) is 0 Å². The van der Waals surface area contributed by atoms with Gasteiger partial charge in [-0.3, -0.25) is 0 Å². The monoisotopic (exact) mass is 252 g/mol. The number of nitrogens with zero attached hydrogens (tertiary/aromatic N) is 1. The normalized spacial score (nSPS) is 35.8. The van der Waals surface area contributed by atoms with Gasteiger partial charge in [0.1, 0.15) is 0 Å². The van der Waals surface area contributed by atoms with Gasteiger partial charge < -0.3 is 10.2 Å². The lowest BCUT2D eigenvalue weighted by Gasteiger charge is -2.42. The lowest BCUT2D eigenvalue weighted by molar-refractivity contribution is 0.0824. The van der Waals surface area contributed by atoms with Gasteiger partial charge in [-0.2, -0.15) is 0 Å². The smallest absolute Gasteiger partial charge is 0.00980 e. The Hall–Kier alpha value is -0.0800. The van der Waals surface area contributed by atoms with Gasteiger partial charge in [-0.15, -0.1) is 0 Å². The molecule has 0 aromatic heterocycles. The van der Waals surface area contributed by atoms with E-state index in [0.717, 1.165) is 23.9 Å². The second-order valence-electron chi connectivity index (χ2n) is 6.69. The summed E-state index contributed by atoms with van der Waals surface area (Å²) in [7, 11) is 0. The minimum Gasteiger partial charge on any atom is -0.314 e. The van der Waals surface area contributed by atoms with Gasteiger partial charge in [-0.05, 0) is 70.0 Å². The van der Waals surface area contributed by atoms with Crippen LogP contribution in [-0.4, -0.2) is 36.6 Å². The molecule has 1 N–H and O–H groups in total. The number of hydrogen-bond acceptors (Lipinski definition) is 2. The average Bonchev–Trinajstić information content (AvgIpc) is 2.40. The Kier molecular flexibility index (Phi) is 5.50. The Morgan fingerprint density at radius 3 is 2.33 bits per heavy atom. The Balaban J connectivity index is 1.72. The highest BCUT2D eigenvalue weighted by Crippen LogP contribution is 2.33. The largest absolute Gasteiger partial charge is 0.314 e. The highest BCUT2D eigenvalue weighted by molar-refractivity contribution is 4.86. The quantitative estimate of drug-likeness (QED) is 0.826. The molecule has 0 bridgehead atoms. The summed E-state index contributed by atoms with van der Waals surface area (Å²) in [6.45, 7) is 11.0. The summed E-state index contributed by atoms with van der Waals surface area (Å²) in [5.74, 6) is 1.88. The van der Waals surface area contributed by atoms with Crippen molar-refractivity contribution in [1.82, 2.24) is 10.2 Å². The topological polar surface area (TPSA) is 15.3 Å². The molecule has 1 saturated heterocycles. The average molecular weight is 252 g/mol. The standard InChI is InChI=1S/C16H32N2/c1-4-9-17-15-7-10-18(11-8-15)16-6-5-13(2)14(3)12-16/h13-17H,4-12H2,1-3H3. The van der Waals surface area contributed by atoms with Crippen LogP contribution in [0, 0.1) is 11.8 Å². The molecule has 0 spiro atoms. The zero-order valence-electron chi connectivity index (χ0n) is 12.6. The van der Waals surface area contributed by atoms with Crippen LogP contribution in [0.3, 0.4) is 0 Å². The van der Waals surface area contributed by atoms with Crippen LogP contribution in [0.25, 0.3) is 0 Å². The first-order valence-electron chi connectivity index (χ1n) is 8.18. The molecule has 1 aliphatic heterocycles. The molecule has 0 aromatic rings. The first-order chi connectivity index (χ1) is 8.70. The van der Waals surface area contributed by atoms with Gasteiger partial charge in [0.2, 0.25) is 0 Å². The van der Waals surface area contributed by atoms with E-state index in [1.54, 1.807) is 0 Å². The molecule has 3 atom stereocenters. The summed E-state index contributed by atoms with van der Waals surface area (Å²) in [6, 6.07) is 1.68. The zero-order chi connectivity index (χ0) is 13.0. The Labute approximate surface area is 114 Å². The van der Waals surface area contributed by atoms with E-state index in [4.69, 9.17) is 0 Å². The molecule has 2 nitrogen and oxygen atoms in total. The van der Waals surface area contributed by atoms with Crippen LogP contribution in [0.4, 0.5) is 0 Å². The fourth-order valence-electron chi connectivity index (χ4n) is 3.67. The fourth-order valence-corrected chi connectivity index (χ4v) is 3.67. The van der Waals surface area contributed by atoms with E-state index in [1.165, 1.54) is 58.2 Å². The molecule has 2 rings (SSSR count). The van der Waals surface area contributed by atoms with Gasteiger partial charge in [-0.25, -0.2) is 0 Å². The number of piperidine rings is 1. The second-order valence-corrected chi connectivity index (χ2v) is 6.69. The first kappa shape index (κ1) is 14.3. The minimum absolute atomic E-state index is 0.793. The Morgan fingerprint density at radius 2 is 1.72 bits per heavy atom. The highest BCUT2D eigenvalue weighted by atomic mass is 15.2. The van der Waals surface area contributed by atoms with Crippen LogP contribution >= 0.6 is 0 Å². The molecule has 0 radical (unpaired) electrons. The third-order valence-electron chi connectivity index (χ3n) is 5.30. The molecule has 2 fully saturated rings. The van der Waals surface area contributed by atoms with Crippen LogP contribution < -0.4 is 5.32 Å². The molecule has 3 unspecified atom stereocenters. The predicted molar refractivity (Wildman–Crippen MR) is 78.9 cm³/mol. The van der Waals surface area contributed by atoms with Crippen LogP contribution in [-0.2, 0) is 0 Å². The van der Waals surface area contributed by atoms with Crippen molar-refractivity contribution in [3.05, 3.63) is 0 Å². The maximum atomic E-state index is 3.68. The number of nitrogens with one attached hydrogen (secondary N) is 1. The van der Waals surface area contributed by atoms with Crippen molar-refractivity contribution >= 4 is 0 Å². The minimum atomic E-state index is 0.793. The molecule has 0 aromatic carbocycles. The summed E-state index contributed by atoms with van der Waals surface area (Å²) < 4.78 is 0. The number of rotatable bonds is 4. The van der Waals surface area contributed by atoms with Gasteiger partial charge in [0, 0.05) is 12.1 Å². The molecule has 1 aliphatic carbocycles. The van der Waals surface area contributed by atoms with Gasteiger partial charge in [0.15, 0.2) is 0 Å². The van der Waals surface area contributed by atoms with E-state index >= 15 is 0 Å². The van der Waals surface area contributed by atoms with Gasteiger partial charge in [-0.1, -0.05) is 20.8 Å². The van der Waals surface area contributed by atoms with Crippen molar-refractivity contribution < 1.29 is 0 Å². The third kappa shape index (κ3) is 3.71. The Morgan fingerprint density at radius 1 is 1.00 bits per heavy atom. The summed E-state index contributed by atoms with van der Waals surface area (Å²) in [5, 5.41) is 3.68. The van der Waals surface area contributed by atoms with Gasteiger partial charge >= 0.3 is 0 Å². The molecule has 1 saturated carbocycles. The van der Waals surface area contributed by atoms with Crippen molar-refractivity contribution in [1.29, 1.82) is 0 Å². The molecule has 0 amide bonds. The molecular formula is C16H32N2. The first-order valence-corrected chi connectivity index (χ1v) is 8.18. The summed E-state index contributed by atoms with van der Waals surface area (Å²) in [5.41, 5.74) is 0. The third-order valence-corrected chi connectivity index (χ3v) is 5.30. The second kappa shape index (κ2) is 6.91. The lowest BCUT2D eigenvalue weighted by atomic mass is 9.78. The number of hydrogen-bond donors (Lipinski definition) is 1. The molecule has 106 valence electrons. The lowest BCUT2D eigenvalue weighted by Crippen LogP contribution is -2.48. The summed E-state index contributed by atoms with van der Waals surface area (Å²) in [4.78, 5) is 2.78. The molecular weight excluding hydrogens is 220 g/mol. The van der Waals surface area contributed by atoms with Gasteiger partial charge in [0.25, 0.3) is 0 Å². The predicted octanol–water partition coefficient (Wildman–Crippen LogP) is 3.28. The van der Waals surface area contributed by atoms with Crippen molar-refractivity contribution in [2.75, 3.05) is 19.6 Å². The van der Waals surface area contributed by atoms with E-state index in [-0.39, 0.29) is 0 Å². The molecule has 18 heavy (non-hydrogen) atoms. The van der Waals surface area contributed by atoms with Crippen LogP contribution in [0.2, 0.25) is 0 Å². The summed E-state index contributed by atoms with van der Waals surface area (Å²) >= 11 is 0. The zero-order valence-corrected chi connectivity index (χ0v) is 12.6. The molecule has 1 heterocycles. The van der Waals surface area contributed by atoms with E-state index < -0.39 is 0 Å². The van der Waals surface area contributed by atoms with Crippen LogP contribution in [0.1, 0.15) is 59.3 Å². The fraction of sp³-hybridized carbons (Fsp3) is 1.00. The highest BCUT2D eigenvalue weighted by Gasteiger charge is 2.30. The maximum absolute atomic E-state index is 3.68.